The number of rotatable bonds is 1. The van der Waals surface area contributed by atoms with Crippen LogP contribution in [-0.2, 0) is 4.52 Å². The lowest BCUT2D eigenvalue weighted by Gasteiger charge is -1.91. The first-order chi connectivity index (χ1) is 2.84. The Labute approximate surface area is 37.0 Å². The maximum Gasteiger partial charge on any atom is 0.231 e. The minimum absolute atomic E-state index is 0.296. The van der Waals surface area contributed by atoms with E-state index in [4.69, 9.17) is 0 Å². The van der Waals surface area contributed by atoms with Crippen LogP contribution in [0.3, 0.4) is 0 Å². The second-order valence-electron chi connectivity index (χ2n) is 1.58. The van der Waals surface area contributed by atoms with E-state index < -0.39 is 0 Å². The van der Waals surface area contributed by atoms with E-state index in [2.05, 4.69) is 0 Å². The van der Waals surface area contributed by atoms with Crippen molar-refractivity contribution in [1.82, 2.24) is 0 Å². The second kappa shape index (κ2) is 1.21. The van der Waals surface area contributed by atoms with E-state index >= 15 is 0 Å². The van der Waals surface area contributed by atoms with Crippen molar-refractivity contribution < 1.29 is 9.78 Å². The van der Waals surface area contributed by atoms with Gasteiger partial charge in [0.1, 0.15) is 0 Å². The second-order valence-corrected chi connectivity index (χ2v) is 1.58. The normalized spacial score (nSPS) is 34.0. The van der Waals surface area contributed by atoms with Crippen LogP contribution in [0.4, 0.5) is 0 Å². The number of hydrogen-bond acceptors (Lipinski definition) is 1. The highest BCUT2D eigenvalue weighted by atomic mass is 17.3. The summed E-state index contributed by atoms with van der Waals surface area (Å²) in [5.41, 5.74) is 0. The van der Waals surface area contributed by atoms with Gasteiger partial charge in [-0.1, -0.05) is 6.92 Å². The molecular weight excluding hydrogens is 80.0 g/mol. The molecule has 1 rings (SSSR count). The summed E-state index contributed by atoms with van der Waals surface area (Å²) >= 11 is 0. The van der Waals surface area contributed by atoms with Crippen molar-refractivity contribution in [2.24, 2.45) is 0 Å². The number of hydrogen-bond donors (Lipinski definition) is 0. The molecule has 1 saturated heterocycles. The van der Waals surface area contributed by atoms with Crippen molar-refractivity contribution in [3.8, 4) is 0 Å². The van der Waals surface area contributed by atoms with Gasteiger partial charge in [0.05, 0.1) is 0 Å². The van der Waals surface area contributed by atoms with Crippen LogP contribution in [0, 0.1) is 0 Å². The van der Waals surface area contributed by atoms with E-state index in [0.717, 1.165) is 6.42 Å². The molecule has 0 aliphatic carbocycles. The van der Waals surface area contributed by atoms with Crippen molar-refractivity contribution in [3.05, 3.63) is 0 Å². The fourth-order valence-electron chi connectivity index (χ4n) is 0.448. The van der Waals surface area contributed by atoms with E-state index in [9.17, 15) is 5.26 Å². The molecule has 1 atom stereocenters. The van der Waals surface area contributed by atoms with Crippen molar-refractivity contribution in [1.29, 1.82) is 0 Å². The lowest BCUT2D eigenvalue weighted by molar-refractivity contribution is -0.737. The fourth-order valence-corrected chi connectivity index (χ4v) is 0.448. The summed E-state index contributed by atoms with van der Waals surface area (Å²) in [6, 6.07) is 0. The van der Waals surface area contributed by atoms with Gasteiger partial charge < -0.3 is 9.78 Å². The van der Waals surface area contributed by atoms with E-state index in [-0.39, 0.29) is 0 Å². The molecule has 0 saturated carbocycles. The summed E-state index contributed by atoms with van der Waals surface area (Å²) in [5.74, 6) is 0. The Morgan fingerprint density at radius 3 is 2.50 bits per heavy atom. The average Bonchev–Trinajstić information content (AvgIpc) is 2.19. The lowest BCUT2D eigenvalue weighted by atomic mass is 10.4. The fraction of sp³-hybridized carbons (Fsp3) is 1.00. The molecule has 1 heterocycles. The molecule has 0 aromatic carbocycles. The smallest absolute Gasteiger partial charge is 0.231 e. The molecule has 0 spiro atoms. The quantitative estimate of drug-likeness (QED) is 0.243. The zero-order valence-electron chi connectivity index (χ0n) is 3.81. The Morgan fingerprint density at radius 2 is 2.50 bits per heavy atom. The SMILES string of the molecule is CCC1C[O+]1[O-]. The summed E-state index contributed by atoms with van der Waals surface area (Å²) in [6.45, 7) is 2.70. The van der Waals surface area contributed by atoms with Gasteiger partial charge in [0.2, 0.25) is 12.7 Å². The summed E-state index contributed by atoms with van der Waals surface area (Å²) in [7, 11) is 0. The highest BCUT2D eigenvalue weighted by Gasteiger charge is 2.35. The molecule has 1 unspecified atom stereocenters. The van der Waals surface area contributed by atoms with Crippen LogP contribution in [0.25, 0.3) is 0 Å². The van der Waals surface area contributed by atoms with Gasteiger partial charge in [-0.2, -0.15) is 0 Å². The number of epoxide rings is 1. The Kier molecular flexibility index (Phi) is 0.821. The Morgan fingerprint density at radius 1 is 2.00 bits per heavy atom. The molecule has 2 heteroatoms. The van der Waals surface area contributed by atoms with Crippen LogP contribution < -0.4 is 5.26 Å². The van der Waals surface area contributed by atoms with Gasteiger partial charge in [-0.05, 0) is 0 Å². The van der Waals surface area contributed by atoms with E-state index in [0.29, 0.717) is 12.7 Å². The third-order valence-electron chi connectivity index (χ3n) is 1.06. The summed E-state index contributed by atoms with van der Waals surface area (Å²) < 4.78 is 1.74. The molecule has 0 aromatic heterocycles. The topological polar surface area (TPSA) is 25.8 Å². The molecule has 1 aliphatic heterocycles. The molecule has 0 bridgehead atoms. The first-order valence-electron chi connectivity index (χ1n) is 2.21. The molecule has 6 heavy (non-hydrogen) atoms. The first-order valence-corrected chi connectivity index (χ1v) is 2.21. The third-order valence-corrected chi connectivity index (χ3v) is 1.06. The van der Waals surface area contributed by atoms with E-state index in [1.54, 1.807) is 4.52 Å². The molecule has 1 aliphatic rings. The summed E-state index contributed by atoms with van der Waals surface area (Å²) in [5, 5.41) is 9.95. The maximum absolute atomic E-state index is 9.95. The van der Waals surface area contributed by atoms with Gasteiger partial charge in [-0.3, -0.25) is 0 Å². The predicted molar refractivity (Wildman–Crippen MR) is 20.0 cm³/mol. The van der Waals surface area contributed by atoms with Crippen LogP contribution in [0.1, 0.15) is 13.3 Å². The molecule has 0 N–H and O–H groups in total. The van der Waals surface area contributed by atoms with Gasteiger partial charge in [0.25, 0.3) is 0 Å². The molecule has 0 aromatic rings. The van der Waals surface area contributed by atoms with Gasteiger partial charge in [0, 0.05) is 6.42 Å². The zero-order chi connectivity index (χ0) is 4.57. The minimum Gasteiger partial charge on any atom is -0.534 e. The predicted octanol–water partition coefficient (Wildman–Crippen LogP) is -0.394. The molecule has 2 nitrogen and oxygen atoms in total. The largest absolute Gasteiger partial charge is 0.534 e. The van der Waals surface area contributed by atoms with Crippen LogP contribution in [0.15, 0.2) is 0 Å². The molecule has 0 amide bonds. The molecule has 1 fully saturated rings. The van der Waals surface area contributed by atoms with Gasteiger partial charge in [-0.25, -0.2) is 0 Å². The highest BCUT2D eigenvalue weighted by Crippen LogP contribution is 2.18. The Balaban J connectivity index is 2.09. The minimum atomic E-state index is 0.296. The third kappa shape index (κ3) is 0.533. The monoisotopic (exact) mass is 88.1 g/mol. The van der Waals surface area contributed by atoms with Crippen molar-refractivity contribution in [2.75, 3.05) is 6.61 Å². The molecule has 36 valence electrons. The van der Waals surface area contributed by atoms with Crippen LogP contribution in [0.2, 0.25) is 0 Å². The Hall–Kier alpha value is -0.0800. The summed E-state index contributed by atoms with van der Waals surface area (Å²) in [4.78, 5) is 0. The highest BCUT2D eigenvalue weighted by molar-refractivity contribution is 4.66. The zero-order valence-corrected chi connectivity index (χ0v) is 3.81. The van der Waals surface area contributed by atoms with E-state index in [1.807, 2.05) is 6.92 Å². The standard InChI is InChI=1S/C4H8O2/c1-2-4-3-6(4)5/h4H,2-3H2,1H3. The van der Waals surface area contributed by atoms with Crippen LogP contribution in [-0.4, -0.2) is 12.7 Å². The molecular formula is C4H8O2. The van der Waals surface area contributed by atoms with Gasteiger partial charge in [-0.15, -0.1) is 0 Å². The lowest BCUT2D eigenvalue weighted by Crippen LogP contribution is -2.05. The van der Waals surface area contributed by atoms with Crippen molar-refractivity contribution in [3.63, 3.8) is 0 Å². The van der Waals surface area contributed by atoms with Crippen molar-refractivity contribution >= 4 is 0 Å². The van der Waals surface area contributed by atoms with Gasteiger partial charge >= 0.3 is 0 Å². The van der Waals surface area contributed by atoms with Crippen LogP contribution in [0.5, 0.6) is 0 Å². The average molecular weight is 88.1 g/mol. The van der Waals surface area contributed by atoms with Crippen LogP contribution >= 0.6 is 0 Å². The maximum atomic E-state index is 9.95. The van der Waals surface area contributed by atoms with Gasteiger partial charge in [0.15, 0.2) is 0 Å². The summed E-state index contributed by atoms with van der Waals surface area (Å²) in [6.07, 6.45) is 1.28. The van der Waals surface area contributed by atoms with Crippen molar-refractivity contribution in [2.45, 2.75) is 19.4 Å². The van der Waals surface area contributed by atoms with E-state index in [1.165, 1.54) is 0 Å². The first kappa shape index (κ1) is 4.09. The Bertz CT molecular complexity index is 51.5. The molecule has 0 radical (unpaired) electrons.